The van der Waals surface area contributed by atoms with E-state index < -0.39 is 0 Å². The van der Waals surface area contributed by atoms with Crippen LogP contribution in [0, 0.1) is 5.92 Å². The monoisotopic (exact) mass is 274 g/mol. The van der Waals surface area contributed by atoms with Gasteiger partial charge in [0.15, 0.2) is 0 Å². The molecular formula is C18H30N2. The molecule has 1 fully saturated rings. The minimum Gasteiger partial charge on any atom is -0.369 e. The summed E-state index contributed by atoms with van der Waals surface area (Å²) in [6.07, 6.45) is 5.44. The van der Waals surface area contributed by atoms with E-state index >= 15 is 0 Å². The SMILES string of the molecule is CC(C)CNCc1ccc(N2CCCCCC2C)cc1. The smallest absolute Gasteiger partial charge is 0.0368 e. The molecule has 2 heteroatoms. The first-order valence-corrected chi connectivity index (χ1v) is 8.23. The highest BCUT2D eigenvalue weighted by molar-refractivity contribution is 5.48. The Balaban J connectivity index is 1.93. The third-order valence-corrected chi connectivity index (χ3v) is 4.20. The van der Waals surface area contributed by atoms with Gasteiger partial charge in [0, 0.05) is 24.8 Å². The number of benzene rings is 1. The van der Waals surface area contributed by atoms with Gasteiger partial charge in [-0.05, 0) is 49.9 Å². The lowest BCUT2D eigenvalue weighted by atomic mass is 10.1. The summed E-state index contributed by atoms with van der Waals surface area (Å²) in [7, 11) is 0. The summed E-state index contributed by atoms with van der Waals surface area (Å²) in [6.45, 7) is 10.1. The summed E-state index contributed by atoms with van der Waals surface area (Å²) in [5.41, 5.74) is 2.78. The van der Waals surface area contributed by atoms with Crippen LogP contribution in [-0.4, -0.2) is 19.1 Å². The van der Waals surface area contributed by atoms with Gasteiger partial charge >= 0.3 is 0 Å². The van der Waals surface area contributed by atoms with Crippen molar-refractivity contribution in [3.63, 3.8) is 0 Å². The predicted octanol–water partition coefficient (Wildman–Crippen LogP) is 4.20. The highest BCUT2D eigenvalue weighted by Gasteiger charge is 2.16. The number of hydrogen-bond donors (Lipinski definition) is 1. The van der Waals surface area contributed by atoms with Crippen molar-refractivity contribution < 1.29 is 0 Å². The van der Waals surface area contributed by atoms with Gasteiger partial charge in [-0.25, -0.2) is 0 Å². The average molecular weight is 274 g/mol. The minimum atomic E-state index is 0.683. The van der Waals surface area contributed by atoms with Crippen molar-refractivity contribution in [3.05, 3.63) is 29.8 Å². The van der Waals surface area contributed by atoms with Gasteiger partial charge in [0.25, 0.3) is 0 Å². The standard InChI is InChI=1S/C18H30N2/c1-15(2)13-19-14-17-8-10-18(11-9-17)20-12-6-4-5-7-16(20)3/h8-11,15-16,19H,4-7,12-14H2,1-3H3. The second-order valence-electron chi connectivity index (χ2n) is 6.58. The maximum absolute atomic E-state index is 3.51. The van der Waals surface area contributed by atoms with Crippen LogP contribution in [0.1, 0.15) is 52.0 Å². The van der Waals surface area contributed by atoms with E-state index in [0.717, 1.165) is 13.1 Å². The van der Waals surface area contributed by atoms with E-state index in [1.807, 2.05) is 0 Å². The normalized spacial score (nSPS) is 20.2. The third-order valence-electron chi connectivity index (χ3n) is 4.20. The molecule has 0 saturated carbocycles. The van der Waals surface area contributed by atoms with E-state index in [2.05, 4.69) is 55.3 Å². The molecule has 1 saturated heterocycles. The van der Waals surface area contributed by atoms with Crippen LogP contribution in [-0.2, 0) is 6.54 Å². The van der Waals surface area contributed by atoms with Gasteiger partial charge in [0.05, 0.1) is 0 Å². The van der Waals surface area contributed by atoms with Crippen molar-refractivity contribution in [3.8, 4) is 0 Å². The van der Waals surface area contributed by atoms with Gasteiger partial charge in [-0.2, -0.15) is 0 Å². The molecule has 1 aliphatic heterocycles. The number of nitrogens with zero attached hydrogens (tertiary/aromatic N) is 1. The fourth-order valence-corrected chi connectivity index (χ4v) is 2.97. The van der Waals surface area contributed by atoms with Crippen molar-refractivity contribution in [2.24, 2.45) is 5.92 Å². The fourth-order valence-electron chi connectivity index (χ4n) is 2.97. The maximum atomic E-state index is 3.51. The van der Waals surface area contributed by atoms with Crippen molar-refractivity contribution in [1.29, 1.82) is 0 Å². The average Bonchev–Trinajstić information content (AvgIpc) is 2.64. The zero-order valence-electron chi connectivity index (χ0n) is 13.4. The van der Waals surface area contributed by atoms with Gasteiger partial charge in [-0.15, -0.1) is 0 Å². The Bertz CT molecular complexity index is 383. The lowest BCUT2D eigenvalue weighted by Gasteiger charge is -2.29. The molecule has 1 atom stereocenters. The maximum Gasteiger partial charge on any atom is 0.0368 e. The molecule has 2 rings (SSSR count). The number of rotatable bonds is 5. The van der Waals surface area contributed by atoms with Crippen LogP contribution in [0.5, 0.6) is 0 Å². The Morgan fingerprint density at radius 1 is 1.15 bits per heavy atom. The van der Waals surface area contributed by atoms with E-state index in [1.165, 1.54) is 43.5 Å². The molecule has 0 spiro atoms. The summed E-state index contributed by atoms with van der Waals surface area (Å²) < 4.78 is 0. The van der Waals surface area contributed by atoms with Crippen molar-refractivity contribution in [1.82, 2.24) is 5.32 Å². The minimum absolute atomic E-state index is 0.683. The van der Waals surface area contributed by atoms with E-state index in [1.54, 1.807) is 0 Å². The first-order valence-electron chi connectivity index (χ1n) is 8.23. The highest BCUT2D eigenvalue weighted by Crippen LogP contribution is 2.24. The Kier molecular flexibility index (Phi) is 5.90. The quantitative estimate of drug-likeness (QED) is 0.865. The molecule has 1 aromatic rings. The molecule has 2 nitrogen and oxygen atoms in total. The second kappa shape index (κ2) is 7.68. The summed E-state index contributed by atoms with van der Waals surface area (Å²) in [5, 5.41) is 3.51. The molecular weight excluding hydrogens is 244 g/mol. The molecule has 0 amide bonds. The Labute approximate surface area is 124 Å². The van der Waals surface area contributed by atoms with Gasteiger partial charge in [-0.3, -0.25) is 0 Å². The molecule has 0 bridgehead atoms. The first kappa shape index (κ1) is 15.4. The molecule has 1 unspecified atom stereocenters. The van der Waals surface area contributed by atoms with Crippen molar-refractivity contribution in [2.45, 2.75) is 59.0 Å². The van der Waals surface area contributed by atoms with Crippen LogP contribution >= 0.6 is 0 Å². The van der Waals surface area contributed by atoms with Gasteiger partial charge in [0.2, 0.25) is 0 Å². The highest BCUT2D eigenvalue weighted by atomic mass is 15.2. The van der Waals surface area contributed by atoms with Crippen LogP contribution in [0.4, 0.5) is 5.69 Å². The topological polar surface area (TPSA) is 15.3 Å². The zero-order chi connectivity index (χ0) is 14.4. The summed E-state index contributed by atoms with van der Waals surface area (Å²) >= 11 is 0. The van der Waals surface area contributed by atoms with Gasteiger partial charge in [-0.1, -0.05) is 38.8 Å². The van der Waals surface area contributed by atoms with Gasteiger partial charge < -0.3 is 10.2 Å². The first-order chi connectivity index (χ1) is 9.66. The molecule has 0 aromatic heterocycles. The Morgan fingerprint density at radius 3 is 2.60 bits per heavy atom. The molecule has 20 heavy (non-hydrogen) atoms. The van der Waals surface area contributed by atoms with Crippen molar-refractivity contribution in [2.75, 3.05) is 18.0 Å². The van der Waals surface area contributed by atoms with E-state index in [4.69, 9.17) is 0 Å². The van der Waals surface area contributed by atoms with E-state index in [9.17, 15) is 0 Å². The number of anilines is 1. The molecule has 112 valence electrons. The molecule has 1 N–H and O–H groups in total. The van der Waals surface area contributed by atoms with E-state index in [0.29, 0.717) is 12.0 Å². The summed E-state index contributed by atoms with van der Waals surface area (Å²) in [4.78, 5) is 2.58. The Morgan fingerprint density at radius 2 is 1.90 bits per heavy atom. The van der Waals surface area contributed by atoms with Crippen molar-refractivity contribution >= 4 is 5.69 Å². The molecule has 1 aromatic carbocycles. The van der Waals surface area contributed by atoms with Gasteiger partial charge in [0.1, 0.15) is 0 Å². The molecule has 1 aliphatic rings. The van der Waals surface area contributed by atoms with Crippen LogP contribution < -0.4 is 10.2 Å². The lowest BCUT2D eigenvalue weighted by molar-refractivity contribution is 0.552. The second-order valence-corrected chi connectivity index (χ2v) is 6.58. The fraction of sp³-hybridized carbons (Fsp3) is 0.667. The van der Waals surface area contributed by atoms with Crippen LogP contribution in [0.15, 0.2) is 24.3 Å². The number of hydrogen-bond acceptors (Lipinski definition) is 2. The molecule has 0 aliphatic carbocycles. The van der Waals surface area contributed by atoms with Crippen LogP contribution in [0.2, 0.25) is 0 Å². The molecule has 0 radical (unpaired) electrons. The Hall–Kier alpha value is -1.02. The summed E-state index contributed by atoms with van der Waals surface area (Å²) in [6, 6.07) is 9.84. The largest absolute Gasteiger partial charge is 0.369 e. The lowest BCUT2D eigenvalue weighted by Crippen LogP contribution is -2.32. The third kappa shape index (κ3) is 4.52. The van der Waals surface area contributed by atoms with Crippen LogP contribution in [0.25, 0.3) is 0 Å². The summed E-state index contributed by atoms with van der Waals surface area (Å²) in [5.74, 6) is 0.715. The van der Waals surface area contributed by atoms with E-state index in [-0.39, 0.29) is 0 Å². The number of nitrogens with one attached hydrogen (secondary N) is 1. The molecule has 1 heterocycles. The zero-order valence-corrected chi connectivity index (χ0v) is 13.4. The predicted molar refractivity (Wildman–Crippen MR) is 88.3 cm³/mol. The van der Waals surface area contributed by atoms with Crippen LogP contribution in [0.3, 0.4) is 0 Å².